The smallest absolute Gasteiger partial charge is 0.354 e. The van der Waals surface area contributed by atoms with Gasteiger partial charge in [-0.05, 0) is 24.3 Å². The molecule has 2 aromatic heterocycles. The van der Waals surface area contributed by atoms with E-state index in [0.717, 1.165) is 16.3 Å². The lowest BCUT2D eigenvalue weighted by molar-refractivity contribution is -0.384. The SMILES string of the molecule is O=C(O)c1cc2c([nH]c3ccccc32)c(-c2ccc([N+](=O)[O-])cc2)n1. The summed E-state index contributed by atoms with van der Waals surface area (Å²) in [4.78, 5) is 29.3. The van der Waals surface area contributed by atoms with Crippen molar-refractivity contribution in [2.45, 2.75) is 0 Å². The molecule has 0 spiro atoms. The van der Waals surface area contributed by atoms with E-state index in [-0.39, 0.29) is 11.4 Å². The van der Waals surface area contributed by atoms with Crippen molar-refractivity contribution in [1.82, 2.24) is 9.97 Å². The molecule has 0 saturated heterocycles. The molecule has 2 N–H and O–H groups in total. The van der Waals surface area contributed by atoms with E-state index >= 15 is 0 Å². The van der Waals surface area contributed by atoms with Gasteiger partial charge in [0.2, 0.25) is 0 Å². The summed E-state index contributed by atoms with van der Waals surface area (Å²) in [7, 11) is 0. The van der Waals surface area contributed by atoms with Crippen molar-refractivity contribution in [2.24, 2.45) is 0 Å². The number of nitro groups is 1. The summed E-state index contributed by atoms with van der Waals surface area (Å²) in [6, 6.07) is 15.0. The van der Waals surface area contributed by atoms with Gasteiger partial charge in [0.1, 0.15) is 5.69 Å². The summed E-state index contributed by atoms with van der Waals surface area (Å²) >= 11 is 0. The number of aromatic amines is 1. The van der Waals surface area contributed by atoms with E-state index < -0.39 is 10.9 Å². The molecule has 0 saturated carbocycles. The van der Waals surface area contributed by atoms with E-state index in [1.807, 2.05) is 24.3 Å². The van der Waals surface area contributed by atoms with Crippen molar-refractivity contribution < 1.29 is 14.8 Å². The number of carboxylic acid groups (broad SMARTS) is 1. The van der Waals surface area contributed by atoms with Crippen LogP contribution < -0.4 is 0 Å². The van der Waals surface area contributed by atoms with E-state index in [4.69, 9.17) is 0 Å². The number of nitro benzene ring substituents is 1. The topological polar surface area (TPSA) is 109 Å². The average molecular weight is 333 g/mol. The standard InChI is InChI=1S/C18H11N3O4/c22-18(23)15-9-13-12-3-1-2-4-14(12)19-17(13)16(20-15)10-5-7-11(8-6-10)21(24)25/h1-9,19H,(H,22,23). The second-order valence-electron chi connectivity index (χ2n) is 5.56. The van der Waals surface area contributed by atoms with E-state index in [0.29, 0.717) is 16.8 Å². The zero-order chi connectivity index (χ0) is 17.6. The highest BCUT2D eigenvalue weighted by Crippen LogP contribution is 2.33. The van der Waals surface area contributed by atoms with Gasteiger partial charge in [0.05, 0.1) is 16.1 Å². The molecule has 25 heavy (non-hydrogen) atoms. The Morgan fingerprint density at radius 1 is 1.08 bits per heavy atom. The van der Waals surface area contributed by atoms with Crippen LogP contribution in [-0.4, -0.2) is 26.0 Å². The van der Waals surface area contributed by atoms with Gasteiger partial charge in [-0.15, -0.1) is 0 Å². The minimum atomic E-state index is -1.13. The highest BCUT2D eigenvalue weighted by atomic mass is 16.6. The van der Waals surface area contributed by atoms with E-state index in [2.05, 4.69) is 9.97 Å². The fourth-order valence-electron chi connectivity index (χ4n) is 2.91. The summed E-state index contributed by atoms with van der Waals surface area (Å²) < 4.78 is 0. The lowest BCUT2D eigenvalue weighted by Gasteiger charge is -2.05. The molecule has 0 aliphatic carbocycles. The molecule has 0 atom stereocenters. The van der Waals surface area contributed by atoms with Crippen molar-refractivity contribution in [3.05, 3.63) is 70.4 Å². The number of nitrogens with one attached hydrogen (secondary N) is 1. The maximum atomic E-state index is 11.5. The van der Waals surface area contributed by atoms with Crippen LogP contribution in [-0.2, 0) is 0 Å². The molecule has 2 heterocycles. The first-order valence-electron chi connectivity index (χ1n) is 7.44. The molecular formula is C18H11N3O4. The fraction of sp³-hybridized carbons (Fsp3) is 0. The van der Waals surface area contributed by atoms with Crippen LogP contribution in [0, 0.1) is 10.1 Å². The van der Waals surface area contributed by atoms with Gasteiger partial charge >= 0.3 is 5.97 Å². The molecule has 0 radical (unpaired) electrons. The Bertz CT molecular complexity index is 1150. The van der Waals surface area contributed by atoms with Crippen LogP contribution in [0.4, 0.5) is 5.69 Å². The molecule has 0 unspecified atom stereocenters. The maximum Gasteiger partial charge on any atom is 0.354 e. The molecule has 2 aromatic carbocycles. The van der Waals surface area contributed by atoms with Gasteiger partial charge in [-0.3, -0.25) is 10.1 Å². The first-order valence-corrected chi connectivity index (χ1v) is 7.44. The minimum absolute atomic E-state index is 0.0361. The number of aromatic nitrogens is 2. The zero-order valence-electron chi connectivity index (χ0n) is 12.8. The van der Waals surface area contributed by atoms with Crippen LogP contribution in [0.5, 0.6) is 0 Å². The third kappa shape index (κ3) is 2.38. The van der Waals surface area contributed by atoms with Crippen molar-refractivity contribution in [3.8, 4) is 11.3 Å². The molecule has 0 aliphatic heterocycles. The van der Waals surface area contributed by atoms with Crippen LogP contribution in [0.3, 0.4) is 0 Å². The summed E-state index contributed by atoms with van der Waals surface area (Å²) in [5.41, 5.74) is 2.49. The lowest BCUT2D eigenvalue weighted by atomic mass is 10.1. The van der Waals surface area contributed by atoms with Crippen LogP contribution in [0.2, 0.25) is 0 Å². The van der Waals surface area contributed by atoms with Crippen LogP contribution in [0.1, 0.15) is 10.5 Å². The normalized spacial score (nSPS) is 11.0. The molecule has 122 valence electrons. The third-order valence-corrected chi connectivity index (χ3v) is 4.07. The van der Waals surface area contributed by atoms with Crippen LogP contribution in [0.15, 0.2) is 54.6 Å². The average Bonchev–Trinajstić information content (AvgIpc) is 2.99. The highest BCUT2D eigenvalue weighted by Gasteiger charge is 2.17. The number of nitrogens with zero attached hydrogens (tertiary/aromatic N) is 2. The largest absolute Gasteiger partial charge is 0.477 e. The first kappa shape index (κ1) is 14.8. The number of hydrogen-bond donors (Lipinski definition) is 2. The van der Waals surface area contributed by atoms with Gasteiger partial charge in [-0.2, -0.15) is 0 Å². The Morgan fingerprint density at radius 2 is 1.80 bits per heavy atom. The van der Waals surface area contributed by atoms with Crippen LogP contribution in [0.25, 0.3) is 33.1 Å². The van der Waals surface area contributed by atoms with Crippen LogP contribution >= 0.6 is 0 Å². The monoisotopic (exact) mass is 333 g/mol. The molecular weight excluding hydrogens is 322 g/mol. The van der Waals surface area contributed by atoms with Gasteiger partial charge in [0.15, 0.2) is 0 Å². The predicted molar refractivity (Wildman–Crippen MR) is 92.6 cm³/mol. The van der Waals surface area contributed by atoms with E-state index in [1.54, 1.807) is 12.1 Å². The number of non-ortho nitro benzene ring substituents is 1. The van der Waals surface area contributed by atoms with Crippen molar-refractivity contribution in [1.29, 1.82) is 0 Å². The Morgan fingerprint density at radius 3 is 2.48 bits per heavy atom. The zero-order valence-corrected chi connectivity index (χ0v) is 12.8. The number of aromatic carboxylic acids is 1. The van der Waals surface area contributed by atoms with Crippen molar-refractivity contribution in [3.63, 3.8) is 0 Å². The highest BCUT2D eigenvalue weighted by molar-refractivity contribution is 6.12. The Balaban J connectivity index is 2.04. The number of H-pyrrole nitrogens is 1. The van der Waals surface area contributed by atoms with Gasteiger partial charge in [0.25, 0.3) is 5.69 Å². The van der Waals surface area contributed by atoms with E-state index in [9.17, 15) is 20.0 Å². The third-order valence-electron chi connectivity index (χ3n) is 4.07. The first-order chi connectivity index (χ1) is 12.0. The van der Waals surface area contributed by atoms with E-state index in [1.165, 1.54) is 18.2 Å². The second-order valence-corrected chi connectivity index (χ2v) is 5.56. The summed E-state index contributed by atoms with van der Waals surface area (Å²) in [6.07, 6.45) is 0. The quantitative estimate of drug-likeness (QED) is 0.435. The number of carboxylic acids is 1. The predicted octanol–water partition coefficient (Wildman–Crippen LogP) is 3.99. The van der Waals surface area contributed by atoms with Gasteiger partial charge in [0, 0.05) is 34.0 Å². The Hall–Kier alpha value is -3.74. The summed E-state index contributed by atoms with van der Waals surface area (Å²) in [6.45, 7) is 0. The Labute approximate surface area is 140 Å². The number of rotatable bonds is 3. The maximum absolute atomic E-state index is 11.5. The molecule has 0 amide bonds. The molecule has 0 aliphatic rings. The molecule has 7 nitrogen and oxygen atoms in total. The van der Waals surface area contributed by atoms with Gasteiger partial charge in [-0.1, -0.05) is 18.2 Å². The van der Waals surface area contributed by atoms with Crippen molar-refractivity contribution >= 4 is 33.5 Å². The lowest BCUT2D eigenvalue weighted by Crippen LogP contribution is -2.01. The second kappa shape index (κ2) is 5.41. The number of para-hydroxylation sites is 1. The number of benzene rings is 2. The number of hydrogen-bond acceptors (Lipinski definition) is 4. The number of fused-ring (bicyclic) bond motifs is 3. The number of carbonyl (C=O) groups is 1. The minimum Gasteiger partial charge on any atom is -0.477 e. The summed E-state index contributed by atoms with van der Waals surface area (Å²) in [5, 5.41) is 21.8. The van der Waals surface area contributed by atoms with Crippen molar-refractivity contribution in [2.75, 3.05) is 0 Å². The number of pyridine rings is 1. The fourth-order valence-corrected chi connectivity index (χ4v) is 2.91. The molecule has 0 bridgehead atoms. The van der Waals surface area contributed by atoms with Gasteiger partial charge in [-0.25, -0.2) is 9.78 Å². The summed E-state index contributed by atoms with van der Waals surface area (Å²) in [5.74, 6) is -1.13. The van der Waals surface area contributed by atoms with Gasteiger partial charge < -0.3 is 10.1 Å². The molecule has 7 heteroatoms. The molecule has 4 aromatic rings. The molecule has 0 fully saturated rings. The molecule has 4 rings (SSSR count). The Kier molecular flexibility index (Phi) is 3.21.